The van der Waals surface area contributed by atoms with Crippen LogP contribution < -0.4 is 0 Å². The minimum Gasteiger partial charge on any atom is -0.0913 e. The fraction of sp³-hybridized carbons (Fsp3) is 0.137. The quantitative estimate of drug-likeness (QED) is 0.113. The Kier molecular flexibility index (Phi) is 8.62. The lowest BCUT2D eigenvalue weighted by Gasteiger charge is -2.31. The van der Waals surface area contributed by atoms with E-state index in [-0.39, 0.29) is 5.41 Å². The molecule has 0 amide bonds. The predicted molar refractivity (Wildman–Crippen MR) is 221 cm³/mol. The van der Waals surface area contributed by atoms with Gasteiger partial charge in [-0.05, 0) is 134 Å². The molecular formula is C51H44. The molecule has 0 saturated heterocycles. The summed E-state index contributed by atoms with van der Waals surface area (Å²) in [5.41, 5.74) is 15.3. The van der Waals surface area contributed by atoms with E-state index in [1.54, 1.807) is 0 Å². The average molecular weight is 657 g/mol. The van der Waals surface area contributed by atoms with E-state index in [1.165, 1.54) is 88.3 Å². The Balaban J connectivity index is 1.45. The van der Waals surface area contributed by atoms with Crippen LogP contribution in [0.4, 0.5) is 0 Å². The second-order valence-corrected chi connectivity index (χ2v) is 13.9. The van der Waals surface area contributed by atoms with Crippen LogP contribution in [0.2, 0.25) is 0 Å². The van der Waals surface area contributed by atoms with Crippen LogP contribution in [0.25, 0.3) is 60.5 Å². The van der Waals surface area contributed by atoms with E-state index in [1.807, 2.05) is 0 Å². The van der Waals surface area contributed by atoms with Gasteiger partial charge in [0.05, 0.1) is 0 Å². The molecule has 0 saturated carbocycles. The summed E-state index contributed by atoms with van der Waals surface area (Å²) < 4.78 is 0. The molecule has 0 fully saturated rings. The van der Waals surface area contributed by atoms with Crippen molar-refractivity contribution < 1.29 is 0 Å². The molecule has 248 valence electrons. The van der Waals surface area contributed by atoms with Crippen molar-refractivity contribution in [2.75, 3.05) is 0 Å². The molecule has 0 spiro atoms. The van der Waals surface area contributed by atoms with Crippen molar-refractivity contribution in [1.29, 1.82) is 0 Å². The van der Waals surface area contributed by atoms with E-state index in [9.17, 15) is 0 Å². The lowest BCUT2D eigenvalue weighted by Crippen LogP contribution is -2.24. The van der Waals surface area contributed by atoms with Crippen molar-refractivity contribution in [2.45, 2.75) is 46.0 Å². The summed E-state index contributed by atoms with van der Waals surface area (Å²) in [6.07, 6.45) is 13.1. The van der Waals surface area contributed by atoms with Crippen LogP contribution in [0.5, 0.6) is 0 Å². The maximum Gasteiger partial charge on any atom is 0.0441 e. The van der Waals surface area contributed by atoms with E-state index >= 15 is 0 Å². The van der Waals surface area contributed by atoms with Crippen molar-refractivity contribution in [2.24, 2.45) is 0 Å². The fourth-order valence-corrected chi connectivity index (χ4v) is 8.48. The standard InChI is InChI=1S/C51H44/c1-5-8-18-35-27-29-38(30-28-35)40-31-32-43(42-24-15-20-37-19-9-10-21-39(37)42)45-33-47-44-23-12-14-26-49(44)51(4,50(47)34-46(40)45)48-25-13-11-22-41(48)36(16-6-2)17-7-3/h5-6,8-17,19-34H,7,18H2,1-4H3/b8-5-,16-6-,36-17+. The third kappa shape index (κ3) is 5.47. The van der Waals surface area contributed by atoms with Gasteiger partial charge >= 0.3 is 0 Å². The summed E-state index contributed by atoms with van der Waals surface area (Å²) in [5.74, 6) is 0. The van der Waals surface area contributed by atoms with Crippen molar-refractivity contribution in [3.63, 3.8) is 0 Å². The highest BCUT2D eigenvalue weighted by Gasteiger charge is 2.42. The van der Waals surface area contributed by atoms with Gasteiger partial charge in [-0.2, -0.15) is 0 Å². The van der Waals surface area contributed by atoms with Gasteiger partial charge in [-0.25, -0.2) is 0 Å². The Hall–Kier alpha value is -5.72. The number of allylic oxidation sites excluding steroid dienone is 6. The Labute approximate surface area is 303 Å². The van der Waals surface area contributed by atoms with Gasteiger partial charge in [0.15, 0.2) is 0 Å². The molecule has 1 atom stereocenters. The topological polar surface area (TPSA) is 0 Å². The highest BCUT2D eigenvalue weighted by Crippen LogP contribution is 2.56. The van der Waals surface area contributed by atoms with Gasteiger partial charge in [-0.1, -0.05) is 165 Å². The van der Waals surface area contributed by atoms with Crippen LogP contribution in [0.3, 0.4) is 0 Å². The summed E-state index contributed by atoms with van der Waals surface area (Å²) >= 11 is 0. The normalized spacial score (nSPS) is 15.6. The monoisotopic (exact) mass is 656 g/mol. The molecule has 7 aromatic rings. The molecule has 51 heavy (non-hydrogen) atoms. The lowest BCUT2D eigenvalue weighted by atomic mass is 9.71. The molecule has 0 aromatic heterocycles. The zero-order valence-electron chi connectivity index (χ0n) is 30.1. The third-order valence-corrected chi connectivity index (χ3v) is 10.9. The highest BCUT2D eigenvalue weighted by molar-refractivity contribution is 6.12. The second-order valence-electron chi connectivity index (χ2n) is 13.9. The van der Waals surface area contributed by atoms with Gasteiger partial charge in [0.2, 0.25) is 0 Å². The second kappa shape index (κ2) is 13.5. The Bertz CT molecular complexity index is 2500. The summed E-state index contributed by atoms with van der Waals surface area (Å²) in [7, 11) is 0. The molecule has 0 aliphatic heterocycles. The van der Waals surface area contributed by atoms with E-state index in [0.717, 1.165) is 12.8 Å². The van der Waals surface area contributed by atoms with Gasteiger partial charge in [0.25, 0.3) is 0 Å². The van der Waals surface area contributed by atoms with Gasteiger partial charge in [-0.3, -0.25) is 0 Å². The summed E-state index contributed by atoms with van der Waals surface area (Å²) in [6.45, 7) is 8.87. The number of hydrogen-bond acceptors (Lipinski definition) is 0. The maximum atomic E-state index is 2.54. The SMILES string of the molecule is C/C=C\Cc1ccc(-c2ccc(-c3cccc4ccccc34)c3cc4c(cc23)C(C)(c2ccccc2C(/C=C\C)=C/CC)c2ccccc2-4)cc1. The van der Waals surface area contributed by atoms with Crippen LogP contribution in [0.1, 0.15) is 61.9 Å². The summed E-state index contributed by atoms with van der Waals surface area (Å²) in [4.78, 5) is 0. The van der Waals surface area contributed by atoms with E-state index in [4.69, 9.17) is 0 Å². The molecule has 0 nitrogen and oxygen atoms in total. The number of fused-ring (bicyclic) bond motifs is 5. The lowest BCUT2D eigenvalue weighted by molar-refractivity contribution is 0.712. The van der Waals surface area contributed by atoms with Gasteiger partial charge in [-0.15, -0.1) is 0 Å². The largest absolute Gasteiger partial charge is 0.0913 e. The Morgan fingerprint density at radius 3 is 2.02 bits per heavy atom. The average Bonchev–Trinajstić information content (AvgIpc) is 3.43. The smallest absolute Gasteiger partial charge is 0.0441 e. The number of benzene rings is 7. The Morgan fingerprint density at radius 2 is 1.22 bits per heavy atom. The van der Waals surface area contributed by atoms with Gasteiger partial charge in [0, 0.05) is 5.41 Å². The van der Waals surface area contributed by atoms with Crippen molar-refractivity contribution >= 4 is 27.1 Å². The summed E-state index contributed by atoms with van der Waals surface area (Å²) in [6, 6.07) is 52.6. The number of rotatable bonds is 8. The molecule has 0 bridgehead atoms. The molecule has 0 N–H and O–H groups in total. The molecular weight excluding hydrogens is 613 g/mol. The molecule has 0 heteroatoms. The van der Waals surface area contributed by atoms with Crippen LogP contribution >= 0.6 is 0 Å². The van der Waals surface area contributed by atoms with Gasteiger partial charge in [0.1, 0.15) is 0 Å². The van der Waals surface area contributed by atoms with Crippen molar-refractivity contribution in [3.8, 4) is 33.4 Å². The highest BCUT2D eigenvalue weighted by atomic mass is 14.4. The van der Waals surface area contributed by atoms with Crippen LogP contribution in [0, 0.1) is 0 Å². The molecule has 0 radical (unpaired) electrons. The first-order chi connectivity index (χ1) is 25.1. The number of hydrogen-bond donors (Lipinski definition) is 0. The molecule has 7 aromatic carbocycles. The molecule has 1 aliphatic carbocycles. The van der Waals surface area contributed by atoms with Crippen LogP contribution in [-0.2, 0) is 11.8 Å². The van der Waals surface area contributed by atoms with E-state index in [2.05, 4.69) is 198 Å². The molecule has 1 aliphatic rings. The van der Waals surface area contributed by atoms with E-state index < -0.39 is 0 Å². The zero-order chi connectivity index (χ0) is 35.0. The maximum absolute atomic E-state index is 2.54. The molecule has 0 heterocycles. The summed E-state index contributed by atoms with van der Waals surface area (Å²) in [5, 5.41) is 5.11. The molecule has 8 rings (SSSR count). The first kappa shape index (κ1) is 32.5. The third-order valence-electron chi connectivity index (χ3n) is 10.9. The first-order valence-electron chi connectivity index (χ1n) is 18.4. The van der Waals surface area contributed by atoms with Crippen molar-refractivity contribution in [1.82, 2.24) is 0 Å². The fourth-order valence-electron chi connectivity index (χ4n) is 8.48. The van der Waals surface area contributed by atoms with Crippen LogP contribution in [-0.4, -0.2) is 0 Å². The molecule has 1 unspecified atom stereocenters. The first-order valence-corrected chi connectivity index (χ1v) is 18.4. The van der Waals surface area contributed by atoms with E-state index in [0.29, 0.717) is 0 Å². The zero-order valence-corrected chi connectivity index (χ0v) is 30.1. The van der Waals surface area contributed by atoms with Gasteiger partial charge < -0.3 is 0 Å². The van der Waals surface area contributed by atoms with Crippen LogP contribution in [0.15, 0.2) is 170 Å². The minimum atomic E-state index is -0.353. The van der Waals surface area contributed by atoms with Crippen molar-refractivity contribution in [3.05, 3.63) is 198 Å². The Morgan fingerprint density at radius 1 is 0.549 bits per heavy atom. The predicted octanol–water partition coefficient (Wildman–Crippen LogP) is 14.1. The minimum absolute atomic E-state index is 0.353.